The van der Waals surface area contributed by atoms with Crippen LogP contribution in [0.3, 0.4) is 0 Å². The van der Waals surface area contributed by atoms with Crippen LogP contribution in [0.2, 0.25) is 0 Å². The molecule has 5 rings (SSSR count). The lowest BCUT2D eigenvalue weighted by molar-refractivity contribution is 0.122. The summed E-state index contributed by atoms with van der Waals surface area (Å²) in [6.07, 6.45) is 4.70. The van der Waals surface area contributed by atoms with E-state index in [0.717, 1.165) is 67.5 Å². The Morgan fingerprint density at radius 2 is 1.75 bits per heavy atom. The normalized spacial score (nSPS) is 20.1. The second-order valence-electron chi connectivity index (χ2n) is 7.74. The van der Waals surface area contributed by atoms with E-state index in [1.165, 1.54) is 12.1 Å². The summed E-state index contributed by atoms with van der Waals surface area (Å²) in [5.74, 6) is 1.65. The van der Waals surface area contributed by atoms with Crippen LogP contribution in [0.5, 0.6) is 0 Å². The predicted octanol–water partition coefficient (Wildman–Crippen LogP) is 3.37. The lowest BCUT2D eigenvalue weighted by Crippen LogP contribution is -2.36. The third-order valence-electron chi connectivity index (χ3n) is 5.70. The fraction of sp³-hybridized carbons (Fsp3) is 0.409. The van der Waals surface area contributed by atoms with Gasteiger partial charge in [-0.25, -0.2) is 9.97 Å². The van der Waals surface area contributed by atoms with Gasteiger partial charge in [0.1, 0.15) is 5.52 Å². The van der Waals surface area contributed by atoms with E-state index in [1.807, 2.05) is 0 Å². The van der Waals surface area contributed by atoms with Gasteiger partial charge in [-0.05, 0) is 30.5 Å². The van der Waals surface area contributed by atoms with Crippen molar-refractivity contribution in [2.24, 2.45) is 5.92 Å². The van der Waals surface area contributed by atoms with Crippen LogP contribution in [0.25, 0.3) is 22.3 Å². The first kappa shape index (κ1) is 17.4. The van der Waals surface area contributed by atoms with Gasteiger partial charge in [-0.1, -0.05) is 19.1 Å². The summed E-state index contributed by atoms with van der Waals surface area (Å²) in [5.41, 5.74) is 5.10. The number of benzene rings is 1. The minimum Gasteiger partial charge on any atom is -0.378 e. The minimum absolute atomic E-state index is 0.685. The zero-order valence-corrected chi connectivity index (χ0v) is 16.2. The maximum absolute atomic E-state index is 5.46. The molecule has 144 valence electrons. The molecular formula is C22H25N5O. The van der Waals surface area contributed by atoms with Crippen LogP contribution < -0.4 is 9.80 Å². The third kappa shape index (κ3) is 3.29. The van der Waals surface area contributed by atoms with Gasteiger partial charge in [-0.15, -0.1) is 0 Å². The highest BCUT2D eigenvalue weighted by Crippen LogP contribution is 2.31. The van der Waals surface area contributed by atoms with E-state index in [1.54, 1.807) is 12.4 Å². The molecule has 2 aliphatic heterocycles. The van der Waals surface area contributed by atoms with Gasteiger partial charge in [0.25, 0.3) is 0 Å². The third-order valence-corrected chi connectivity index (χ3v) is 5.70. The van der Waals surface area contributed by atoms with E-state index in [4.69, 9.17) is 9.72 Å². The molecule has 1 atom stereocenters. The van der Waals surface area contributed by atoms with Crippen molar-refractivity contribution in [3.63, 3.8) is 0 Å². The molecule has 4 heterocycles. The number of ether oxygens (including phenoxy) is 1. The fourth-order valence-corrected chi connectivity index (χ4v) is 4.12. The van der Waals surface area contributed by atoms with Gasteiger partial charge in [0.05, 0.1) is 24.4 Å². The van der Waals surface area contributed by atoms with E-state index < -0.39 is 0 Å². The van der Waals surface area contributed by atoms with Crippen LogP contribution in [-0.2, 0) is 4.74 Å². The monoisotopic (exact) mass is 375 g/mol. The first-order valence-electron chi connectivity index (χ1n) is 10.1. The summed E-state index contributed by atoms with van der Waals surface area (Å²) in [4.78, 5) is 18.9. The summed E-state index contributed by atoms with van der Waals surface area (Å²) >= 11 is 0. The number of rotatable bonds is 3. The zero-order valence-electron chi connectivity index (χ0n) is 16.2. The molecule has 28 heavy (non-hydrogen) atoms. The summed E-state index contributed by atoms with van der Waals surface area (Å²) in [6.45, 7) is 7.83. The molecule has 1 aromatic carbocycles. The second kappa shape index (κ2) is 7.36. The molecule has 2 fully saturated rings. The second-order valence-corrected chi connectivity index (χ2v) is 7.74. The number of hydrogen-bond donors (Lipinski definition) is 0. The smallest absolute Gasteiger partial charge is 0.157 e. The van der Waals surface area contributed by atoms with Crippen LogP contribution in [0.15, 0.2) is 42.7 Å². The lowest BCUT2D eigenvalue weighted by atomic mass is 10.1. The Morgan fingerprint density at radius 1 is 0.964 bits per heavy atom. The summed E-state index contributed by atoms with van der Waals surface area (Å²) in [7, 11) is 0. The average molecular weight is 375 g/mol. The van der Waals surface area contributed by atoms with Crippen molar-refractivity contribution in [2.45, 2.75) is 13.3 Å². The molecule has 6 nitrogen and oxygen atoms in total. The molecule has 0 aliphatic carbocycles. The first-order valence-corrected chi connectivity index (χ1v) is 10.1. The van der Waals surface area contributed by atoms with Crippen molar-refractivity contribution in [1.82, 2.24) is 15.0 Å². The number of anilines is 2. The Labute approximate surface area is 165 Å². The van der Waals surface area contributed by atoms with Gasteiger partial charge in [-0.3, -0.25) is 4.98 Å². The molecule has 0 N–H and O–H groups in total. The standard InChI is InChI=1S/C22H25N5O/c1-16-6-9-27(15-16)22-21-20(23-7-8-24-21)14-19(25-22)17-2-4-18(5-3-17)26-10-12-28-13-11-26/h2-5,7-8,14,16H,6,9-13,15H2,1H3/t16-/m1/s1. The van der Waals surface area contributed by atoms with E-state index in [9.17, 15) is 0 Å². The molecule has 0 saturated carbocycles. The molecule has 2 aliphatic rings. The Hall–Kier alpha value is -2.73. The number of pyridine rings is 1. The van der Waals surface area contributed by atoms with Gasteiger partial charge in [0, 0.05) is 49.8 Å². The maximum atomic E-state index is 5.46. The van der Waals surface area contributed by atoms with Crippen molar-refractivity contribution in [2.75, 3.05) is 49.2 Å². The number of aromatic nitrogens is 3. The van der Waals surface area contributed by atoms with Crippen LogP contribution >= 0.6 is 0 Å². The molecule has 0 amide bonds. The molecule has 2 aromatic heterocycles. The molecule has 0 spiro atoms. The van der Waals surface area contributed by atoms with Crippen LogP contribution in [0.4, 0.5) is 11.5 Å². The highest BCUT2D eigenvalue weighted by Gasteiger charge is 2.23. The van der Waals surface area contributed by atoms with Crippen molar-refractivity contribution >= 4 is 22.5 Å². The van der Waals surface area contributed by atoms with E-state index in [0.29, 0.717) is 5.92 Å². The quantitative estimate of drug-likeness (QED) is 0.700. The number of fused-ring (bicyclic) bond motifs is 1. The molecule has 3 aromatic rings. The van der Waals surface area contributed by atoms with Crippen molar-refractivity contribution < 1.29 is 4.74 Å². The topological polar surface area (TPSA) is 54.4 Å². The lowest BCUT2D eigenvalue weighted by Gasteiger charge is -2.28. The largest absolute Gasteiger partial charge is 0.378 e. The van der Waals surface area contributed by atoms with Crippen molar-refractivity contribution in [3.8, 4) is 11.3 Å². The Balaban J connectivity index is 1.51. The molecule has 0 radical (unpaired) electrons. The number of hydrogen-bond acceptors (Lipinski definition) is 6. The van der Waals surface area contributed by atoms with Crippen molar-refractivity contribution in [3.05, 3.63) is 42.7 Å². The van der Waals surface area contributed by atoms with Crippen LogP contribution in [-0.4, -0.2) is 54.3 Å². The molecule has 2 saturated heterocycles. The van der Waals surface area contributed by atoms with E-state index in [-0.39, 0.29) is 0 Å². The molecular weight excluding hydrogens is 350 g/mol. The number of nitrogens with zero attached hydrogens (tertiary/aromatic N) is 5. The van der Waals surface area contributed by atoms with E-state index >= 15 is 0 Å². The summed E-state index contributed by atoms with van der Waals surface area (Å²) < 4.78 is 5.46. The maximum Gasteiger partial charge on any atom is 0.157 e. The minimum atomic E-state index is 0.685. The Morgan fingerprint density at radius 3 is 2.50 bits per heavy atom. The van der Waals surface area contributed by atoms with Crippen LogP contribution in [0, 0.1) is 5.92 Å². The van der Waals surface area contributed by atoms with Gasteiger partial charge in [0.15, 0.2) is 5.82 Å². The van der Waals surface area contributed by atoms with E-state index in [2.05, 4.69) is 57.0 Å². The van der Waals surface area contributed by atoms with Gasteiger partial charge in [0.2, 0.25) is 0 Å². The molecule has 0 bridgehead atoms. The SMILES string of the molecule is C[C@@H]1CCN(c2nc(-c3ccc(N4CCOCC4)cc3)cc3nccnc23)C1. The average Bonchev–Trinajstić information content (AvgIpc) is 3.20. The zero-order chi connectivity index (χ0) is 18.9. The summed E-state index contributed by atoms with van der Waals surface area (Å²) in [6, 6.07) is 10.7. The van der Waals surface area contributed by atoms with Crippen molar-refractivity contribution in [1.29, 1.82) is 0 Å². The van der Waals surface area contributed by atoms with Crippen LogP contribution in [0.1, 0.15) is 13.3 Å². The fourth-order valence-electron chi connectivity index (χ4n) is 4.12. The number of morpholine rings is 1. The Bertz CT molecular complexity index is 968. The summed E-state index contributed by atoms with van der Waals surface area (Å²) in [5, 5.41) is 0. The van der Waals surface area contributed by atoms with Gasteiger partial charge >= 0.3 is 0 Å². The molecule has 6 heteroatoms. The first-order chi connectivity index (χ1) is 13.8. The Kier molecular flexibility index (Phi) is 4.56. The highest BCUT2D eigenvalue weighted by atomic mass is 16.5. The van der Waals surface area contributed by atoms with Gasteiger partial charge in [-0.2, -0.15) is 0 Å². The van der Waals surface area contributed by atoms with Gasteiger partial charge < -0.3 is 14.5 Å². The molecule has 0 unspecified atom stereocenters. The highest BCUT2D eigenvalue weighted by molar-refractivity contribution is 5.89. The predicted molar refractivity (Wildman–Crippen MR) is 112 cm³/mol.